The Morgan fingerprint density at radius 3 is 2.00 bits per heavy atom. The van der Waals surface area contributed by atoms with Gasteiger partial charge in [0.2, 0.25) is 0 Å². The maximum absolute atomic E-state index is 11.0. The zero-order chi connectivity index (χ0) is 6.62. The van der Waals surface area contributed by atoms with Gasteiger partial charge >= 0.3 is 0 Å². The number of unbranched alkanes of at least 4 members (excludes halogenated alkanes) is 1. The SMILES string of the molecule is CCCC[Si](C)(C)[O-]. The van der Waals surface area contributed by atoms with Crippen LogP contribution < -0.4 is 4.80 Å². The van der Waals surface area contributed by atoms with Crippen LogP contribution in [0.5, 0.6) is 0 Å². The van der Waals surface area contributed by atoms with E-state index in [0.29, 0.717) is 0 Å². The fourth-order valence-electron chi connectivity index (χ4n) is 0.602. The van der Waals surface area contributed by atoms with Crippen LogP contribution in [-0.4, -0.2) is 8.32 Å². The average molecular weight is 131 g/mol. The molecule has 8 heavy (non-hydrogen) atoms. The summed E-state index contributed by atoms with van der Waals surface area (Å²) in [6.45, 7) is 5.88. The maximum Gasteiger partial charge on any atom is -0.0538 e. The summed E-state index contributed by atoms with van der Waals surface area (Å²) >= 11 is 0. The van der Waals surface area contributed by atoms with Crippen molar-refractivity contribution in [2.45, 2.75) is 38.9 Å². The highest BCUT2D eigenvalue weighted by Crippen LogP contribution is 2.05. The lowest BCUT2D eigenvalue weighted by Gasteiger charge is -2.28. The Morgan fingerprint density at radius 2 is 1.88 bits per heavy atom. The molecule has 0 atom stereocenters. The van der Waals surface area contributed by atoms with E-state index in [0.717, 1.165) is 12.5 Å². The van der Waals surface area contributed by atoms with Crippen molar-refractivity contribution in [1.29, 1.82) is 0 Å². The second kappa shape index (κ2) is 3.25. The molecular formula is C6H15OSi-. The molecule has 0 saturated heterocycles. The summed E-state index contributed by atoms with van der Waals surface area (Å²) in [6, 6.07) is 0.948. The first-order valence-corrected chi connectivity index (χ1v) is 6.38. The lowest BCUT2D eigenvalue weighted by molar-refractivity contribution is -0.205. The van der Waals surface area contributed by atoms with E-state index in [9.17, 15) is 4.80 Å². The van der Waals surface area contributed by atoms with Crippen LogP contribution >= 0.6 is 0 Å². The Bertz CT molecular complexity index is 56.0. The van der Waals surface area contributed by atoms with Gasteiger partial charge in [0.05, 0.1) is 0 Å². The Kier molecular flexibility index (Phi) is 3.32. The third kappa shape index (κ3) is 6.18. The van der Waals surface area contributed by atoms with Gasteiger partial charge in [-0.25, -0.2) is 0 Å². The van der Waals surface area contributed by atoms with Gasteiger partial charge in [0.1, 0.15) is 0 Å². The van der Waals surface area contributed by atoms with E-state index in [1.54, 1.807) is 0 Å². The molecule has 0 aliphatic rings. The molecule has 0 fully saturated rings. The van der Waals surface area contributed by atoms with E-state index in [2.05, 4.69) is 6.92 Å². The number of rotatable bonds is 3. The molecule has 0 aliphatic heterocycles. The van der Waals surface area contributed by atoms with Gasteiger partial charge in [0.15, 0.2) is 0 Å². The third-order valence-corrected chi connectivity index (χ3v) is 2.69. The van der Waals surface area contributed by atoms with Gasteiger partial charge in [-0.15, -0.1) is 0 Å². The quantitative estimate of drug-likeness (QED) is 0.530. The summed E-state index contributed by atoms with van der Waals surface area (Å²) in [4.78, 5) is 11.0. The van der Waals surface area contributed by atoms with E-state index in [1.807, 2.05) is 13.1 Å². The van der Waals surface area contributed by atoms with Crippen LogP contribution in [0, 0.1) is 0 Å². The molecule has 0 saturated carbocycles. The maximum atomic E-state index is 11.0. The fourth-order valence-corrected chi connectivity index (χ4v) is 1.81. The molecule has 50 valence electrons. The summed E-state index contributed by atoms with van der Waals surface area (Å²) in [5.74, 6) is 0. The summed E-state index contributed by atoms with van der Waals surface area (Å²) < 4.78 is 0. The smallest absolute Gasteiger partial charge is 0.0538 e. The molecule has 0 radical (unpaired) electrons. The Balaban J connectivity index is 3.11. The fraction of sp³-hybridized carbons (Fsp3) is 1.00. The summed E-state index contributed by atoms with van der Waals surface area (Å²) in [7, 11) is -1.93. The minimum Gasteiger partial charge on any atom is -0.859 e. The first-order valence-electron chi connectivity index (χ1n) is 3.26. The molecule has 0 spiro atoms. The molecule has 0 heterocycles. The molecule has 0 aromatic heterocycles. The summed E-state index contributed by atoms with van der Waals surface area (Å²) in [5, 5.41) is 0. The van der Waals surface area contributed by atoms with Crippen molar-refractivity contribution < 1.29 is 4.80 Å². The highest BCUT2D eigenvalue weighted by atomic mass is 28.4. The highest BCUT2D eigenvalue weighted by Gasteiger charge is 2.00. The van der Waals surface area contributed by atoms with E-state index in [1.165, 1.54) is 6.42 Å². The van der Waals surface area contributed by atoms with E-state index < -0.39 is 8.32 Å². The van der Waals surface area contributed by atoms with Crippen molar-refractivity contribution in [2.24, 2.45) is 0 Å². The van der Waals surface area contributed by atoms with Crippen LogP contribution in [0.2, 0.25) is 19.1 Å². The van der Waals surface area contributed by atoms with E-state index in [4.69, 9.17) is 0 Å². The average Bonchev–Trinajstić information content (AvgIpc) is 1.59. The molecule has 2 heteroatoms. The first kappa shape index (κ1) is 8.18. The minimum absolute atomic E-state index is 0.948. The van der Waals surface area contributed by atoms with Crippen molar-refractivity contribution >= 4 is 8.32 Å². The predicted octanol–water partition coefficient (Wildman–Crippen LogP) is 1.35. The molecule has 0 rings (SSSR count). The summed E-state index contributed by atoms with van der Waals surface area (Å²) in [6.07, 6.45) is 2.29. The molecule has 0 unspecified atom stereocenters. The van der Waals surface area contributed by atoms with Crippen molar-refractivity contribution in [3.8, 4) is 0 Å². The second-order valence-electron chi connectivity index (χ2n) is 2.86. The molecule has 0 aromatic carbocycles. The van der Waals surface area contributed by atoms with Crippen LogP contribution in [0.1, 0.15) is 19.8 Å². The zero-order valence-electron chi connectivity index (χ0n) is 6.03. The predicted molar refractivity (Wildman–Crippen MR) is 37.2 cm³/mol. The molecule has 0 aromatic rings. The van der Waals surface area contributed by atoms with Crippen LogP contribution in [0.3, 0.4) is 0 Å². The molecule has 0 N–H and O–H groups in total. The first-order chi connectivity index (χ1) is 3.56. The lowest BCUT2D eigenvalue weighted by atomic mass is 10.4. The van der Waals surface area contributed by atoms with Crippen molar-refractivity contribution in [3.05, 3.63) is 0 Å². The molecule has 1 nitrogen and oxygen atoms in total. The Morgan fingerprint density at radius 1 is 1.38 bits per heavy atom. The van der Waals surface area contributed by atoms with Gasteiger partial charge in [-0.1, -0.05) is 47.2 Å². The lowest BCUT2D eigenvalue weighted by Crippen LogP contribution is -2.42. The van der Waals surface area contributed by atoms with E-state index in [-0.39, 0.29) is 0 Å². The summed E-state index contributed by atoms with van der Waals surface area (Å²) in [5.41, 5.74) is 0. The molecule has 0 aliphatic carbocycles. The standard InChI is InChI=1S/C6H15OSi/c1-4-5-6-8(2,3)7/h4-6H2,1-3H3/q-1. The van der Waals surface area contributed by atoms with Crippen LogP contribution in [0.25, 0.3) is 0 Å². The van der Waals surface area contributed by atoms with Gasteiger partial charge in [0.25, 0.3) is 0 Å². The van der Waals surface area contributed by atoms with Gasteiger partial charge in [-0.05, 0) is 0 Å². The van der Waals surface area contributed by atoms with Gasteiger partial charge in [0, 0.05) is 0 Å². The minimum atomic E-state index is -1.93. The zero-order valence-corrected chi connectivity index (χ0v) is 7.03. The molecule has 0 amide bonds. The van der Waals surface area contributed by atoms with Crippen molar-refractivity contribution in [1.82, 2.24) is 0 Å². The molecule has 0 bridgehead atoms. The largest absolute Gasteiger partial charge is 0.859 e. The van der Waals surface area contributed by atoms with Gasteiger partial charge in [-0.2, -0.15) is 0 Å². The Labute approximate surface area is 52.9 Å². The van der Waals surface area contributed by atoms with Crippen LogP contribution in [-0.2, 0) is 0 Å². The van der Waals surface area contributed by atoms with Crippen molar-refractivity contribution in [2.75, 3.05) is 0 Å². The topological polar surface area (TPSA) is 23.1 Å². The second-order valence-corrected chi connectivity index (χ2v) is 6.88. The number of hydrogen-bond donors (Lipinski definition) is 0. The van der Waals surface area contributed by atoms with Gasteiger partial charge in [-0.3, -0.25) is 0 Å². The molecular weight excluding hydrogens is 116 g/mol. The van der Waals surface area contributed by atoms with E-state index >= 15 is 0 Å². The van der Waals surface area contributed by atoms with Crippen molar-refractivity contribution in [3.63, 3.8) is 0 Å². The Hall–Kier alpha value is 0.177. The van der Waals surface area contributed by atoms with Crippen LogP contribution in [0.15, 0.2) is 0 Å². The van der Waals surface area contributed by atoms with Crippen LogP contribution in [0.4, 0.5) is 0 Å². The normalized spacial score (nSPS) is 12.0. The third-order valence-electron chi connectivity index (χ3n) is 1.13. The highest BCUT2D eigenvalue weighted by molar-refractivity contribution is 6.68. The monoisotopic (exact) mass is 131 g/mol. The number of hydrogen-bond acceptors (Lipinski definition) is 1. The van der Waals surface area contributed by atoms with Gasteiger partial charge < -0.3 is 4.80 Å².